The van der Waals surface area contributed by atoms with Gasteiger partial charge in [-0.2, -0.15) is 4.31 Å². The van der Waals surface area contributed by atoms with E-state index in [9.17, 15) is 22.0 Å². The summed E-state index contributed by atoms with van der Waals surface area (Å²) in [6.45, 7) is 2.14. The van der Waals surface area contributed by atoms with Gasteiger partial charge in [0.1, 0.15) is 16.5 Å². The highest BCUT2D eigenvalue weighted by Crippen LogP contribution is 2.30. The summed E-state index contributed by atoms with van der Waals surface area (Å²) in [5, 5.41) is 1.96. The fourth-order valence-electron chi connectivity index (χ4n) is 3.36. The number of benzene rings is 1. The maximum atomic E-state index is 13.9. The highest BCUT2D eigenvalue weighted by Gasteiger charge is 2.35. The molecule has 0 spiro atoms. The van der Waals surface area contributed by atoms with Gasteiger partial charge in [-0.1, -0.05) is 6.07 Å². The smallest absolute Gasteiger partial charge is 0.246 e. The molecular weight excluding hydrogens is 406 g/mol. The van der Waals surface area contributed by atoms with Crippen molar-refractivity contribution in [3.8, 4) is 0 Å². The Balaban J connectivity index is 1.67. The van der Waals surface area contributed by atoms with E-state index in [1.54, 1.807) is 23.3 Å². The van der Waals surface area contributed by atoms with Crippen molar-refractivity contribution >= 4 is 27.3 Å². The Bertz CT molecular complexity index is 940. The van der Waals surface area contributed by atoms with Crippen molar-refractivity contribution in [1.29, 1.82) is 0 Å². The lowest BCUT2D eigenvalue weighted by molar-refractivity contribution is -0.137. The van der Waals surface area contributed by atoms with Gasteiger partial charge in [0.2, 0.25) is 15.9 Å². The number of thiophene rings is 1. The predicted octanol–water partition coefficient (Wildman–Crippen LogP) is 3.65. The van der Waals surface area contributed by atoms with Gasteiger partial charge in [-0.05, 0) is 49.4 Å². The van der Waals surface area contributed by atoms with E-state index in [0.717, 1.165) is 21.3 Å². The SMILES string of the molecule is CC(c1cccs1)N(C)C(=O)C1CCN(S(=O)(=O)c2cc(F)ccc2F)CC1. The van der Waals surface area contributed by atoms with Crippen LogP contribution in [0.25, 0.3) is 0 Å². The number of carbonyl (C=O) groups excluding carboxylic acids is 1. The molecule has 0 saturated carbocycles. The van der Waals surface area contributed by atoms with Gasteiger partial charge < -0.3 is 4.90 Å². The van der Waals surface area contributed by atoms with Gasteiger partial charge in [0.15, 0.2) is 0 Å². The minimum atomic E-state index is -4.14. The lowest BCUT2D eigenvalue weighted by Crippen LogP contribution is -2.44. The number of nitrogens with zero attached hydrogens (tertiary/aromatic N) is 2. The molecule has 2 heterocycles. The normalized spacial score (nSPS) is 17.4. The molecule has 1 aliphatic rings. The first-order chi connectivity index (χ1) is 13.2. The maximum absolute atomic E-state index is 13.9. The highest BCUT2D eigenvalue weighted by atomic mass is 32.2. The van der Waals surface area contributed by atoms with Crippen molar-refractivity contribution in [3.63, 3.8) is 0 Å². The number of hydrogen-bond acceptors (Lipinski definition) is 4. The molecule has 0 radical (unpaired) electrons. The molecule has 2 aromatic rings. The summed E-state index contributed by atoms with van der Waals surface area (Å²) in [5.41, 5.74) is 0. The Morgan fingerprint density at radius 3 is 2.54 bits per heavy atom. The van der Waals surface area contributed by atoms with Crippen LogP contribution in [0.4, 0.5) is 8.78 Å². The Morgan fingerprint density at radius 2 is 1.93 bits per heavy atom. The number of sulfonamides is 1. The zero-order valence-electron chi connectivity index (χ0n) is 15.6. The molecule has 1 amide bonds. The number of halogens is 2. The molecule has 0 aliphatic carbocycles. The van der Waals surface area contributed by atoms with Crippen molar-refractivity contribution in [2.24, 2.45) is 5.92 Å². The van der Waals surface area contributed by atoms with Crippen LogP contribution in [0.1, 0.15) is 30.7 Å². The molecule has 0 bridgehead atoms. The molecule has 1 unspecified atom stereocenters. The molecule has 1 saturated heterocycles. The average molecular weight is 429 g/mol. The number of hydrogen-bond donors (Lipinski definition) is 0. The van der Waals surface area contributed by atoms with E-state index in [2.05, 4.69) is 0 Å². The molecule has 1 aromatic heterocycles. The van der Waals surface area contributed by atoms with E-state index in [-0.39, 0.29) is 31.0 Å². The lowest BCUT2D eigenvalue weighted by Gasteiger charge is -2.34. The largest absolute Gasteiger partial charge is 0.338 e. The van der Waals surface area contributed by atoms with Crippen LogP contribution >= 0.6 is 11.3 Å². The zero-order chi connectivity index (χ0) is 20.5. The van der Waals surface area contributed by atoms with Crippen LogP contribution in [0.3, 0.4) is 0 Å². The fraction of sp³-hybridized carbons (Fsp3) is 0.421. The molecule has 152 valence electrons. The van der Waals surface area contributed by atoms with Crippen LogP contribution in [-0.2, 0) is 14.8 Å². The third-order valence-electron chi connectivity index (χ3n) is 5.20. The number of rotatable bonds is 5. The summed E-state index contributed by atoms with van der Waals surface area (Å²) in [5.74, 6) is -2.12. The van der Waals surface area contributed by atoms with Gasteiger partial charge in [-0.3, -0.25) is 4.79 Å². The third kappa shape index (κ3) is 4.11. The summed E-state index contributed by atoms with van der Waals surface area (Å²) >= 11 is 1.58. The summed E-state index contributed by atoms with van der Waals surface area (Å²) in [4.78, 5) is 14.9. The molecule has 3 rings (SSSR count). The molecule has 5 nitrogen and oxygen atoms in total. The summed E-state index contributed by atoms with van der Waals surface area (Å²) in [6.07, 6.45) is 0.687. The van der Waals surface area contributed by atoms with Gasteiger partial charge >= 0.3 is 0 Å². The Kier molecular flexibility index (Phi) is 6.16. The summed E-state index contributed by atoms with van der Waals surface area (Å²) < 4.78 is 53.8. The number of amides is 1. The van der Waals surface area contributed by atoms with Gasteiger partial charge in [-0.15, -0.1) is 11.3 Å². The van der Waals surface area contributed by atoms with Gasteiger partial charge in [0.05, 0.1) is 6.04 Å². The molecule has 1 fully saturated rings. The summed E-state index contributed by atoms with van der Waals surface area (Å²) in [6, 6.07) is 6.23. The first-order valence-electron chi connectivity index (χ1n) is 8.97. The molecular formula is C19H22F2N2O3S2. The van der Waals surface area contributed by atoms with E-state index >= 15 is 0 Å². The highest BCUT2D eigenvalue weighted by molar-refractivity contribution is 7.89. The fourth-order valence-corrected chi connectivity index (χ4v) is 5.73. The van der Waals surface area contributed by atoms with Crippen molar-refractivity contribution in [3.05, 3.63) is 52.2 Å². The zero-order valence-corrected chi connectivity index (χ0v) is 17.3. The second-order valence-corrected chi connectivity index (χ2v) is 9.78. The van der Waals surface area contributed by atoms with E-state index in [1.807, 2.05) is 24.4 Å². The molecule has 28 heavy (non-hydrogen) atoms. The van der Waals surface area contributed by atoms with Crippen molar-refractivity contribution in [1.82, 2.24) is 9.21 Å². The van der Waals surface area contributed by atoms with Crippen LogP contribution in [0.2, 0.25) is 0 Å². The van der Waals surface area contributed by atoms with Crippen LogP contribution < -0.4 is 0 Å². The minimum absolute atomic E-state index is 0.0325. The molecule has 1 aliphatic heterocycles. The molecule has 1 aromatic carbocycles. The van der Waals surface area contributed by atoms with Crippen LogP contribution in [0.5, 0.6) is 0 Å². The van der Waals surface area contributed by atoms with Crippen LogP contribution in [-0.4, -0.2) is 43.7 Å². The first-order valence-corrected chi connectivity index (χ1v) is 11.3. The van der Waals surface area contributed by atoms with Gasteiger partial charge in [0.25, 0.3) is 0 Å². The van der Waals surface area contributed by atoms with E-state index in [0.29, 0.717) is 18.9 Å². The lowest BCUT2D eigenvalue weighted by atomic mass is 9.96. The van der Waals surface area contributed by atoms with Crippen molar-refractivity contribution in [2.75, 3.05) is 20.1 Å². The van der Waals surface area contributed by atoms with Gasteiger partial charge in [0, 0.05) is 30.9 Å². The van der Waals surface area contributed by atoms with E-state index in [4.69, 9.17) is 0 Å². The Labute approximate surface area is 167 Å². The first kappa shape index (κ1) is 20.9. The average Bonchev–Trinajstić information content (AvgIpc) is 3.23. The van der Waals surface area contributed by atoms with Crippen LogP contribution in [0.15, 0.2) is 40.6 Å². The molecule has 9 heteroatoms. The monoisotopic (exact) mass is 428 g/mol. The van der Waals surface area contributed by atoms with E-state index < -0.39 is 26.6 Å². The molecule has 0 N–H and O–H groups in total. The summed E-state index contributed by atoms with van der Waals surface area (Å²) in [7, 11) is -2.39. The maximum Gasteiger partial charge on any atom is 0.246 e. The Hall–Kier alpha value is -1.84. The standard InChI is InChI=1S/C19H22F2N2O3S2/c1-13(17-4-3-11-27-17)22(2)19(24)14-7-9-23(10-8-14)28(25,26)18-12-15(20)5-6-16(18)21/h3-6,11-14H,7-10H2,1-2H3. The van der Waals surface area contributed by atoms with E-state index in [1.165, 1.54) is 0 Å². The predicted molar refractivity (Wildman–Crippen MR) is 103 cm³/mol. The second kappa shape index (κ2) is 8.26. The van der Waals surface area contributed by atoms with Crippen LogP contribution in [0, 0.1) is 17.6 Å². The molecule has 1 atom stereocenters. The van der Waals surface area contributed by atoms with Gasteiger partial charge in [-0.25, -0.2) is 17.2 Å². The van der Waals surface area contributed by atoms with Crippen molar-refractivity contribution < 1.29 is 22.0 Å². The number of carbonyl (C=O) groups is 1. The quantitative estimate of drug-likeness (QED) is 0.731. The Morgan fingerprint density at radius 1 is 1.25 bits per heavy atom. The minimum Gasteiger partial charge on any atom is -0.338 e. The number of piperidine rings is 1. The topological polar surface area (TPSA) is 57.7 Å². The third-order valence-corrected chi connectivity index (χ3v) is 8.15. The second-order valence-electron chi connectivity index (χ2n) is 6.89. The van der Waals surface area contributed by atoms with Crippen molar-refractivity contribution in [2.45, 2.75) is 30.7 Å².